The average molecular weight is 258 g/mol. The normalized spacial score (nSPS) is 24.7. The molecule has 17 heavy (non-hydrogen) atoms. The van der Waals surface area contributed by atoms with Crippen molar-refractivity contribution in [3.05, 3.63) is 0 Å². The Labute approximate surface area is 107 Å². The molecule has 1 heterocycles. The summed E-state index contributed by atoms with van der Waals surface area (Å²) >= 11 is 1.43. The lowest BCUT2D eigenvalue weighted by atomic mass is 9.92. The number of carbonyl (C=O) groups excluding carboxylic acids is 2. The summed E-state index contributed by atoms with van der Waals surface area (Å²) in [7, 11) is 0. The minimum Gasteiger partial charge on any atom is -0.369 e. The first-order valence-electron chi connectivity index (χ1n) is 6.13. The number of thioether (sulfide) groups is 1. The summed E-state index contributed by atoms with van der Waals surface area (Å²) < 4.78 is 0. The minimum absolute atomic E-state index is 0.209. The number of nitrogens with two attached hydrogens (primary N) is 1. The highest BCUT2D eigenvalue weighted by Gasteiger charge is 2.24. The Balaban J connectivity index is 2.24. The molecule has 4 nitrogen and oxygen atoms in total. The van der Waals surface area contributed by atoms with Crippen LogP contribution in [-0.4, -0.2) is 41.3 Å². The van der Waals surface area contributed by atoms with Crippen molar-refractivity contribution in [2.45, 2.75) is 26.7 Å². The molecule has 1 aliphatic heterocycles. The summed E-state index contributed by atoms with van der Waals surface area (Å²) in [5.41, 5.74) is 5.03. The number of likely N-dealkylation sites (tertiary alicyclic amines) is 1. The first-order chi connectivity index (χ1) is 7.99. The monoisotopic (exact) mass is 258 g/mol. The second-order valence-electron chi connectivity index (χ2n) is 5.01. The van der Waals surface area contributed by atoms with Gasteiger partial charge < -0.3 is 10.6 Å². The van der Waals surface area contributed by atoms with Crippen LogP contribution in [0.2, 0.25) is 0 Å². The Hall–Kier alpha value is -0.710. The number of primary amides is 1. The van der Waals surface area contributed by atoms with Crippen LogP contribution < -0.4 is 5.73 Å². The Morgan fingerprint density at radius 1 is 1.29 bits per heavy atom. The average Bonchev–Trinajstić information content (AvgIpc) is 2.22. The Bertz CT molecular complexity index is 274. The molecular weight excluding hydrogens is 236 g/mol. The lowest BCUT2D eigenvalue weighted by Gasteiger charge is -2.35. The number of carbonyl (C=O) groups is 2. The molecule has 2 amide bonds. The van der Waals surface area contributed by atoms with Crippen molar-refractivity contribution in [2.24, 2.45) is 17.6 Å². The first kappa shape index (κ1) is 14.4. The van der Waals surface area contributed by atoms with Crippen LogP contribution >= 0.6 is 11.8 Å². The fourth-order valence-electron chi connectivity index (χ4n) is 2.36. The van der Waals surface area contributed by atoms with Gasteiger partial charge in [0, 0.05) is 25.3 Å². The van der Waals surface area contributed by atoms with E-state index in [1.807, 2.05) is 4.90 Å². The maximum absolute atomic E-state index is 11.9. The van der Waals surface area contributed by atoms with Gasteiger partial charge in [-0.2, -0.15) is 11.8 Å². The number of hydrogen-bond donors (Lipinski definition) is 1. The second kappa shape index (κ2) is 6.89. The molecular formula is C12H22N2O2S. The lowest BCUT2D eigenvalue weighted by molar-refractivity contribution is -0.133. The maximum atomic E-state index is 11.9. The highest BCUT2D eigenvalue weighted by atomic mass is 32.2. The number of rotatable bonds is 5. The van der Waals surface area contributed by atoms with Gasteiger partial charge in [0.1, 0.15) is 0 Å². The lowest BCUT2D eigenvalue weighted by Crippen LogP contribution is -2.42. The van der Waals surface area contributed by atoms with Gasteiger partial charge >= 0.3 is 0 Å². The molecule has 2 atom stereocenters. The Kier molecular flexibility index (Phi) is 5.82. The van der Waals surface area contributed by atoms with Crippen molar-refractivity contribution in [3.8, 4) is 0 Å². The van der Waals surface area contributed by atoms with Crippen LogP contribution in [0, 0.1) is 11.8 Å². The van der Waals surface area contributed by atoms with E-state index in [0.717, 1.165) is 13.1 Å². The zero-order valence-electron chi connectivity index (χ0n) is 10.6. The summed E-state index contributed by atoms with van der Waals surface area (Å²) in [5.74, 6) is 2.08. The molecule has 5 heteroatoms. The molecule has 0 aromatic rings. The molecule has 1 saturated heterocycles. The molecule has 0 unspecified atom stereocenters. The van der Waals surface area contributed by atoms with Gasteiger partial charge in [-0.25, -0.2) is 0 Å². The SMILES string of the molecule is C[C@@H]1C[C@H](C)CN(C(=O)CCSCC(N)=O)C1. The number of piperidine rings is 1. The third kappa shape index (κ3) is 5.44. The van der Waals surface area contributed by atoms with E-state index in [-0.39, 0.29) is 11.8 Å². The zero-order valence-corrected chi connectivity index (χ0v) is 11.5. The van der Waals surface area contributed by atoms with Crippen LogP contribution in [0.3, 0.4) is 0 Å². The molecule has 1 fully saturated rings. The Morgan fingerprint density at radius 2 is 1.88 bits per heavy atom. The predicted octanol–water partition coefficient (Wildman–Crippen LogP) is 1.10. The highest BCUT2D eigenvalue weighted by molar-refractivity contribution is 7.99. The number of hydrogen-bond acceptors (Lipinski definition) is 3. The molecule has 0 spiro atoms. The van der Waals surface area contributed by atoms with Crippen molar-refractivity contribution < 1.29 is 9.59 Å². The quantitative estimate of drug-likeness (QED) is 0.751. The van der Waals surface area contributed by atoms with E-state index in [1.165, 1.54) is 18.2 Å². The third-order valence-electron chi connectivity index (χ3n) is 2.93. The molecule has 0 aromatic heterocycles. The molecule has 0 radical (unpaired) electrons. The molecule has 1 rings (SSSR count). The second-order valence-corrected chi connectivity index (χ2v) is 6.12. The van der Waals surface area contributed by atoms with Crippen LogP contribution in [0.5, 0.6) is 0 Å². The van der Waals surface area contributed by atoms with E-state index < -0.39 is 0 Å². The minimum atomic E-state index is -0.317. The van der Waals surface area contributed by atoms with Crippen molar-refractivity contribution in [1.29, 1.82) is 0 Å². The van der Waals surface area contributed by atoms with Gasteiger partial charge in [0.25, 0.3) is 0 Å². The largest absolute Gasteiger partial charge is 0.369 e. The van der Waals surface area contributed by atoms with E-state index in [1.54, 1.807) is 0 Å². The maximum Gasteiger partial charge on any atom is 0.227 e. The van der Waals surface area contributed by atoms with Crippen molar-refractivity contribution in [3.63, 3.8) is 0 Å². The van der Waals surface area contributed by atoms with Crippen LogP contribution in [0.15, 0.2) is 0 Å². The summed E-state index contributed by atoms with van der Waals surface area (Å²) in [5, 5.41) is 0. The molecule has 0 aliphatic carbocycles. The van der Waals surface area contributed by atoms with E-state index in [9.17, 15) is 9.59 Å². The van der Waals surface area contributed by atoms with Gasteiger partial charge in [-0.1, -0.05) is 13.8 Å². The van der Waals surface area contributed by atoms with Gasteiger partial charge in [-0.05, 0) is 18.3 Å². The van der Waals surface area contributed by atoms with Crippen LogP contribution in [0.25, 0.3) is 0 Å². The number of nitrogens with zero attached hydrogens (tertiary/aromatic N) is 1. The van der Waals surface area contributed by atoms with Crippen LogP contribution in [-0.2, 0) is 9.59 Å². The third-order valence-corrected chi connectivity index (χ3v) is 3.91. The van der Waals surface area contributed by atoms with E-state index in [2.05, 4.69) is 13.8 Å². The summed E-state index contributed by atoms with van der Waals surface area (Å²) in [6.07, 6.45) is 1.72. The van der Waals surface area contributed by atoms with Gasteiger partial charge in [-0.3, -0.25) is 9.59 Å². The zero-order chi connectivity index (χ0) is 12.8. The molecule has 1 aliphatic rings. The standard InChI is InChI=1S/C12H22N2O2S/c1-9-5-10(2)7-14(6-9)12(16)3-4-17-8-11(13)15/h9-10H,3-8H2,1-2H3,(H2,13,15)/t9-,10+. The van der Waals surface area contributed by atoms with E-state index in [0.29, 0.717) is 29.8 Å². The smallest absolute Gasteiger partial charge is 0.227 e. The van der Waals surface area contributed by atoms with Gasteiger partial charge in [0.15, 0.2) is 0 Å². The van der Waals surface area contributed by atoms with Crippen LogP contribution in [0.4, 0.5) is 0 Å². The van der Waals surface area contributed by atoms with Crippen molar-refractivity contribution in [2.75, 3.05) is 24.6 Å². The van der Waals surface area contributed by atoms with Gasteiger partial charge in [0.05, 0.1) is 5.75 Å². The molecule has 0 saturated carbocycles. The fourth-order valence-corrected chi connectivity index (χ4v) is 3.02. The van der Waals surface area contributed by atoms with Crippen molar-refractivity contribution >= 4 is 23.6 Å². The molecule has 98 valence electrons. The van der Waals surface area contributed by atoms with Gasteiger partial charge in [-0.15, -0.1) is 0 Å². The summed E-state index contributed by atoms with van der Waals surface area (Å²) in [6.45, 7) is 6.14. The van der Waals surface area contributed by atoms with Crippen molar-refractivity contribution in [1.82, 2.24) is 4.90 Å². The summed E-state index contributed by atoms with van der Waals surface area (Å²) in [4.78, 5) is 24.4. The van der Waals surface area contributed by atoms with Crippen LogP contribution in [0.1, 0.15) is 26.7 Å². The van der Waals surface area contributed by atoms with E-state index in [4.69, 9.17) is 5.73 Å². The molecule has 0 bridgehead atoms. The molecule has 0 aromatic carbocycles. The predicted molar refractivity (Wildman–Crippen MR) is 70.7 cm³/mol. The summed E-state index contributed by atoms with van der Waals surface area (Å²) in [6, 6.07) is 0. The molecule has 2 N–H and O–H groups in total. The number of amides is 2. The van der Waals surface area contributed by atoms with Gasteiger partial charge in [0.2, 0.25) is 11.8 Å². The Morgan fingerprint density at radius 3 is 2.41 bits per heavy atom. The fraction of sp³-hybridized carbons (Fsp3) is 0.833. The first-order valence-corrected chi connectivity index (χ1v) is 7.28. The highest BCUT2D eigenvalue weighted by Crippen LogP contribution is 2.21. The van der Waals surface area contributed by atoms with E-state index >= 15 is 0 Å². The topological polar surface area (TPSA) is 63.4 Å².